The van der Waals surface area contributed by atoms with Crippen LogP contribution in [0.5, 0.6) is 0 Å². The van der Waals surface area contributed by atoms with Crippen molar-refractivity contribution in [1.29, 1.82) is 0 Å². The van der Waals surface area contributed by atoms with E-state index in [-0.39, 0.29) is 5.82 Å². The van der Waals surface area contributed by atoms with Crippen LogP contribution in [0.3, 0.4) is 0 Å². The summed E-state index contributed by atoms with van der Waals surface area (Å²) in [7, 11) is 0. The van der Waals surface area contributed by atoms with Gasteiger partial charge in [0.2, 0.25) is 0 Å². The van der Waals surface area contributed by atoms with E-state index in [0.29, 0.717) is 17.9 Å². The predicted molar refractivity (Wildman–Crippen MR) is 59.1 cm³/mol. The normalized spacial score (nSPS) is 10.6. The molecular weight excluding hydrogens is 261 g/mol. The van der Waals surface area contributed by atoms with Crippen molar-refractivity contribution in [2.45, 2.75) is 6.54 Å². The van der Waals surface area contributed by atoms with E-state index in [4.69, 9.17) is 5.73 Å². The molecule has 0 aliphatic rings. The Labute approximate surface area is 94.8 Å². The first-order valence-electron chi connectivity index (χ1n) is 4.41. The zero-order chi connectivity index (χ0) is 10.8. The summed E-state index contributed by atoms with van der Waals surface area (Å²) in [4.78, 5) is 0. The molecule has 2 N–H and O–H groups in total. The van der Waals surface area contributed by atoms with E-state index in [2.05, 4.69) is 21.0 Å². The molecule has 78 valence electrons. The lowest BCUT2D eigenvalue weighted by Crippen LogP contribution is -2.02. The Morgan fingerprint density at radius 3 is 2.73 bits per heavy atom. The number of aromatic nitrogens is 2. The second kappa shape index (κ2) is 4.12. The van der Waals surface area contributed by atoms with Crippen LogP contribution < -0.4 is 5.73 Å². The number of para-hydroxylation sites is 1. The van der Waals surface area contributed by atoms with E-state index < -0.39 is 0 Å². The van der Waals surface area contributed by atoms with Gasteiger partial charge < -0.3 is 5.73 Å². The second-order valence-corrected chi connectivity index (χ2v) is 3.88. The van der Waals surface area contributed by atoms with E-state index in [0.717, 1.165) is 4.47 Å². The van der Waals surface area contributed by atoms with Crippen molar-refractivity contribution in [2.24, 2.45) is 5.73 Å². The SMILES string of the molecule is NCc1nn(-c2ccccc2F)cc1Br. The fraction of sp³-hybridized carbons (Fsp3) is 0.100. The van der Waals surface area contributed by atoms with Gasteiger partial charge in [0.05, 0.1) is 10.2 Å². The molecule has 1 heterocycles. The zero-order valence-electron chi connectivity index (χ0n) is 7.82. The molecule has 15 heavy (non-hydrogen) atoms. The standard InChI is InChI=1S/C10H9BrFN3/c11-7-6-15(14-9(7)5-13)10-4-2-1-3-8(10)12/h1-4,6H,5,13H2. The number of rotatable bonds is 2. The van der Waals surface area contributed by atoms with Gasteiger partial charge in [-0.2, -0.15) is 5.10 Å². The molecule has 2 aromatic rings. The summed E-state index contributed by atoms with van der Waals surface area (Å²) in [6.45, 7) is 0.321. The number of nitrogens with two attached hydrogens (primary N) is 1. The third kappa shape index (κ3) is 1.93. The molecule has 0 aliphatic carbocycles. The third-order valence-corrected chi connectivity index (χ3v) is 2.69. The molecule has 1 aromatic heterocycles. The Kier molecular flexibility index (Phi) is 2.83. The van der Waals surface area contributed by atoms with Crippen LogP contribution in [-0.2, 0) is 6.54 Å². The summed E-state index contributed by atoms with van der Waals surface area (Å²) >= 11 is 3.31. The van der Waals surface area contributed by atoms with Crippen molar-refractivity contribution in [3.05, 3.63) is 46.4 Å². The van der Waals surface area contributed by atoms with Crippen LogP contribution in [0.2, 0.25) is 0 Å². The van der Waals surface area contributed by atoms with Crippen molar-refractivity contribution in [1.82, 2.24) is 9.78 Å². The molecule has 3 nitrogen and oxygen atoms in total. The van der Waals surface area contributed by atoms with Crippen LogP contribution in [-0.4, -0.2) is 9.78 Å². The summed E-state index contributed by atoms with van der Waals surface area (Å²) in [5.74, 6) is -0.309. The third-order valence-electron chi connectivity index (χ3n) is 2.03. The molecule has 1 aromatic carbocycles. The molecule has 5 heteroatoms. The summed E-state index contributed by atoms with van der Waals surface area (Å²) in [6.07, 6.45) is 1.70. The number of nitrogens with zero attached hydrogens (tertiary/aromatic N) is 2. The molecule has 0 aliphatic heterocycles. The number of benzene rings is 1. The molecule has 0 unspecified atom stereocenters. The van der Waals surface area contributed by atoms with Crippen molar-refractivity contribution in [2.75, 3.05) is 0 Å². The molecule has 0 atom stereocenters. The highest BCUT2D eigenvalue weighted by Gasteiger charge is 2.08. The minimum absolute atomic E-state index is 0.309. The largest absolute Gasteiger partial charge is 0.325 e. The van der Waals surface area contributed by atoms with Crippen LogP contribution >= 0.6 is 15.9 Å². The van der Waals surface area contributed by atoms with Gasteiger partial charge in [-0.25, -0.2) is 9.07 Å². The zero-order valence-corrected chi connectivity index (χ0v) is 9.41. The van der Waals surface area contributed by atoms with E-state index in [1.807, 2.05) is 0 Å². The van der Waals surface area contributed by atoms with Crippen LogP contribution in [0.1, 0.15) is 5.69 Å². The van der Waals surface area contributed by atoms with Crippen molar-refractivity contribution < 1.29 is 4.39 Å². The Balaban J connectivity index is 2.50. The number of hydrogen-bond acceptors (Lipinski definition) is 2. The molecule has 0 amide bonds. The summed E-state index contributed by atoms with van der Waals surface area (Å²) in [5.41, 5.74) is 6.60. The molecular formula is C10H9BrFN3. The molecule has 0 saturated carbocycles. The van der Waals surface area contributed by atoms with Crippen LogP contribution in [0.4, 0.5) is 4.39 Å². The Bertz CT molecular complexity index is 481. The molecule has 2 rings (SSSR count). The van der Waals surface area contributed by atoms with Gasteiger partial charge in [0, 0.05) is 12.7 Å². The monoisotopic (exact) mass is 269 g/mol. The highest BCUT2D eigenvalue weighted by molar-refractivity contribution is 9.10. The van der Waals surface area contributed by atoms with Gasteiger partial charge in [-0.15, -0.1) is 0 Å². The van der Waals surface area contributed by atoms with Gasteiger partial charge >= 0.3 is 0 Å². The average molecular weight is 270 g/mol. The van der Waals surface area contributed by atoms with Crippen molar-refractivity contribution in [3.8, 4) is 5.69 Å². The summed E-state index contributed by atoms with van der Waals surface area (Å²) in [6, 6.07) is 6.46. The maximum atomic E-state index is 13.4. The van der Waals surface area contributed by atoms with Gasteiger partial charge in [-0.1, -0.05) is 12.1 Å². The van der Waals surface area contributed by atoms with Gasteiger partial charge in [0.15, 0.2) is 0 Å². The second-order valence-electron chi connectivity index (χ2n) is 3.02. The van der Waals surface area contributed by atoms with E-state index in [1.54, 1.807) is 24.4 Å². The molecule has 0 saturated heterocycles. The minimum Gasteiger partial charge on any atom is -0.325 e. The smallest absolute Gasteiger partial charge is 0.148 e. The van der Waals surface area contributed by atoms with Crippen molar-refractivity contribution in [3.63, 3.8) is 0 Å². The summed E-state index contributed by atoms with van der Waals surface area (Å²) in [5, 5.41) is 4.16. The van der Waals surface area contributed by atoms with E-state index in [1.165, 1.54) is 10.7 Å². The first-order chi connectivity index (χ1) is 7.22. The fourth-order valence-corrected chi connectivity index (χ4v) is 1.72. The van der Waals surface area contributed by atoms with Crippen molar-refractivity contribution >= 4 is 15.9 Å². The quantitative estimate of drug-likeness (QED) is 0.909. The predicted octanol–water partition coefficient (Wildman–Crippen LogP) is 2.23. The molecule has 0 bridgehead atoms. The number of halogens is 2. The first-order valence-corrected chi connectivity index (χ1v) is 5.20. The van der Waals surface area contributed by atoms with Gasteiger partial charge in [0.25, 0.3) is 0 Å². The maximum Gasteiger partial charge on any atom is 0.148 e. The van der Waals surface area contributed by atoms with E-state index in [9.17, 15) is 4.39 Å². The topological polar surface area (TPSA) is 43.8 Å². The van der Waals surface area contributed by atoms with Crippen LogP contribution in [0.15, 0.2) is 34.9 Å². The lowest BCUT2D eigenvalue weighted by Gasteiger charge is -2.01. The van der Waals surface area contributed by atoms with E-state index >= 15 is 0 Å². The Morgan fingerprint density at radius 2 is 2.13 bits per heavy atom. The Morgan fingerprint density at radius 1 is 1.40 bits per heavy atom. The molecule has 0 spiro atoms. The minimum atomic E-state index is -0.309. The highest BCUT2D eigenvalue weighted by atomic mass is 79.9. The lowest BCUT2D eigenvalue weighted by atomic mass is 10.3. The molecule has 0 fully saturated rings. The van der Waals surface area contributed by atoms with Gasteiger partial charge in [0.1, 0.15) is 11.5 Å². The lowest BCUT2D eigenvalue weighted by molar-refractivity contribution is 0.609. The Hall–Kier alpha value is -1.20. The molecule has 0 radical (unpaired) electrons. The number of hydrogen-bond donors (Lipinski definition) is 1. The summed E-state index contributed by atoms with van der Waals surface area (Å²) < 4.78 is 15.7. The highest BCUT2D eigenvalue weighted by Crippen LogP contribution is 2.19. The maximum absolute atomic E-state index is 13.4. The van der Waals surface area contributed by atoms with Crippen LogP contribution in [0.25, 0.3) is 5.69 Å². The van der Waals surface area contributed by atoms with Gasteiger partial charge in [-0.3, -0.25) is 0 Å². The first kappa shape index (κ1) is 10.3. The van der Waals surface area contributed by atoms with Gasteiger partial charge in [-0.05, 0) is 28.1 Å². The fourth-order valence-electron chi connectivity index (χ4n) is 1.29. The average Bonchev–Trinajstić information content (AvgIpc) is 2.60. The van der Waals surface area contributed by atoms with Crippen LogP contribution in [0, 0.1) is 5.82 Å².